The van der Waals surface area contributed by atoms with Crippen LogP contribution in [0.25, 0.3) is 22.8 Å². The Morgan fingerprint density at radius 2 is 2.00 bits per heavy atom. The van der Waals surface area contributed by atoms with Crippen LogP contribution in [0.15, 0.2) is 53.7 Å². The summed E-state index contributed by atoms with van der Waals surface area (Å²) < 4.78 is 2.09. The van der Waals surface area contributed by atoms with Crippen molar-refractivity contribution in [3.63, 3.8) is 0 Å². The van der Waals surface area contributed by atoms with Gasteiger partial charge in [-0.1, -0.05) is 30.3 Å². The SMILES string of the molecule is O=c1cc(-c2ccccc2)nc(-c2cncn2C2CC2)[nH]1. The third-order valence-corrected chi connectivity index (χ3v) is 3.66. The second-order valence-electron chi connectivity index (χ2n) is 5.26. The van der Waals surface area contributed by atoms with Gasteiger partial charge in [-0.3, -0.25) is 4.79 Å². The Morgan fingerprint density at radius 3 is 2.76 bits per heavy atom. The highest BCUT2D eigenvalue weighted by molar-refractivity contribution is 5.61. The van der Waals surface area contributed by atoms with Gasteiger partial charge in [-0.2, -0.15) is 0 Å². The fraction of sp³-hybridized carbons (Fsp3) is 0.188. The van der Waals surface area contributed by atoms with Crippen LogP contribution < -0.4 is 5.56 Å². The van der Waals surface area contributed by atoms with Crippen LogP contribution in [0.1, 0.15) is 18.9 Å². The van der Waals surface area contributed by atoms with E-state index in [4.69, 9.17) is 0 Å². The summed E-state index contributed by atoms with van der Waals surface area (Å²) in [4.78, 5) is 23.6. The first kappa shape index (κ1) is 12.1. The summed E-state index contributed by atoms with van der Waals surface area (Å²) in [5.74, 6) is 0.575. The summed E-state index contributed by atoms with van der Waals surface area (Å²) in [6.45, 7) is 0. The van der Waals surface area contributed by atoms with Crippen LogP contribution in [-0.2, 0) is 0 Å². The van der Waals surface area contributed by atoms with Crippen molar-refractivity contribution in [2.45, 2.75) is 18.9 Å². The van der Waals surface area contributed by atoms with E-state index in [2.05, 4.69) is 19.5 Å². The smallest absolute Gasteiger partial charge is 0.251 e. The lowest BCUT2D eigenvalue weighted by Crippen LogP contribution is -2.10. The predicted octanol–water partition coefficient (Wildman–Crippen LogP) is 2.64. The van der Waals surface area contributed by atoms with Gasteiger partial charge >= 0.3 is 0 Å². The van der Waals surface area contributed by atoms with Gasteiger partial charge in [0.05, 0.1) is 18.2 Å². The average molecular weight is 278 g/mol. The van der Waals surface area contributed by atoms with Crippen molar-refractivity contribution in [1.82, 2.24) is 19.5 Å². The Hall–Kier alpha value is -2.69. The molecule has 4 rings (SSSR count). The number of aromatic amines is 1. The molecule has 0 saturated heterocycles. The molecular formula is C16H14N4O. The van der Waals surface area contributed by atoms with E-state index in [0.717, 1.165) is 24.1 Å². The lowest BCUT2D eigenvalue weighted by Gasteiger charge is -2.07. The van der Waals surface area contributed by atoms with Crippen molar-refractivity contribution in [2.24, 2.45) is 0 Å². The summed E-state index contributed by atoms with van der Waals surface area (Å²) in [5, 5.41) is 0. The average Bonchev–Trinajstić information content (AvgIpc) is 3.24. The molecule has 5 nitrogen and oxygen atoms in total. The van der Waals surface area contributed by atoms with Gasteiger partial charge in [0, 0.05) is 17.7 Å². The van der Waals surface area contributed by atoms with Gasteiger partial charge in [-0.15, -0.1) is 0 Å². The third kappa shape index (κ3) is 2.27. The molecule has 0 radical (unpaired) electrons. The van der Waals surface area contributed by atoms with Crippen LogP contribution in [0.4, 0.5) is 0 Å². The molecule has 1 N–H and O–H groups in total. The molecule has 21 heavy (non-hydrogen) atoms. The summed E-state index contributed by atoms with van der Waals surface area (Å²) in [6, 6.07) is 11.7. The molecule has 1 aromatic carbocycles. The molecular weight excluding hydrogens is 264 g/mol. The van der Waals surface area contributed by atoms with E-state index in [1.54, 1.807) is 6.20 Å². The number of imidazole rings is 1. The van der Waals surface area contributed by atoms with Crippen molar-refractivity contribution in [2.75, 3.05) is 0 Å². The first-order valence-corrected chi connectivity index (χ1v) is 7.00. The number of H-pyrrole nitrogens is 1. The number of aromatic nitrogens is 4. The molecule has 1 fully saturated rings. The van der Waals surface area contributed by atoms with Gasteiger partial charge in [-0.25, -0.2) is 9.97 Å². The Kier molecular flexibility index (Phi) is 2.70. The van der Waals surface area contributed by atoms with Crippen molar-refractivity contribution in [3.05, 3.63) is 59.3 Å². The van der Waals surface area contributed by atoms with E-state index in [9.17, 15) is 4.79 Å². The first-order chi connectivity index (χ1) is 10.3. The molecule has 1 aliphatic carbocycles. The van der Waals surface area contributed by atoms with E-state index < -0.39 is 0 Å². The first-order valence-electron chi connectivity index (χ1n) is 7.00. The molecule has 0 unspecified atom stereocenters. The van der Waals surface area contributed by atoms with Crippen molar-refractivity contribution in [3.8, 4) is 22.8 Å². The lowest BCUT2D eigenvalue weighted by molar-refractivity contribution is 0.743. The molecule has 3 aromatic rings. The Morgan fingerprint density at radius 1 is 1.19 bits per heavy atom. The topological polar surface area (TPSA) is 63.6 Å². The maximum atomic E-state index is 12.0. The van der Waals surface area contributed by atoms with Gasteiger partial charge in [0.2, 0.25) is 0 Å². The minimum Gasteiger partial charge on any atom is -0.325 e. The van der Waals surface area contributed by atoms with Crippen molar-refractivity contribution >= 4 is 0 Å². The summed E-state index contributed by atoms with van der Waals surface area (Å²) in [7, 11) is 0. The molecule has 1 saturated carbocycles. The molecule has 104 valence electrons. The van der Waals surface area contributed by atoms with Gasteiger partial charge in [0.25, 0.3) is 5.56 Å². The second-order valence-corrected chi connectivity index (χ2v) is 5.26. The zero-order valence-electron chi connectivity index (χ0n) is 11.4. The third-order valence-electron chi connectivity index (χ3n) is 3.66. The Labute approximate surface area is 121 Å². The molecule has 1 aliphatic rings. The normalized spacial score (nSPS) is 14.3. The van der Waals surface area contributed by atoms with Crippen LogP contribution in [0, 0.1) is 0 Å². The van der Waals surface area contributed by atoms with E-state index in [1.807, 2.05) is 36.7 Å². The van der Waals surface area contributed by atoms with E-state index in [0.29, 0.717) is 17.6 Å². The molecule has 0 atom stereocenters. The number of hydrogen-bond acceptors (Lipinski definition) is 3. The van der Waals surface area contributed by atoms with E-state index >= 15 is 0 Å². The zero-order chi connectivity index (χ0) is 14.2. The number of nitrogens with zero attached hydrogens (tertiary/aromatic N) is 3. The number of benzene rings is 1. The fourth-order valence-corrected chi connectivity index (χ4v) is 2.47. The van der Waals surface area contributed by atoms with Crippen LogP contribution in [0.2, 0.25) is 0 Å². The number of hydrogen-bond donors (Lipinski definition) is 1. The standard InChI is InChI=1S/C16H14N4O/c21-15-8-13(11-4-2-1-3-5-11)18-16(19-15)14-9-17-10-20(14)12-6-7-12/h1-5,8-10,12H,6-7H2,(H,18,19,21). The van der Waals surface area contributed by atoms with E-state index in [-0.39, 0.29) is 5.56 Å². The predicted molar refractivity (Wildman–Crippen MR) is 79.8 cm³/mol. The quantitative estimate of drug-likeness (QED) is 0.801. The molecule has 0 amide bonds. The van der Waals surface area contributed by atoms with Gasteiger partial charge in [0.15, 0.2) is 5.82 Å². The fourth-order valence-electron chi connectivity index (χ4n) is 2.47. The maximum absolute atomic E-state index is 12.0. The summed E-state index contributed by atoms with van der Waals surface area (Å²) >= 11 is 0. The minimum atomic E-state index is -0.151. The molecule has 0 bridgehead atoms. The van der Waals surface area contributed by atoms with Gasteiger partial charge in [-0.05, 0) is 12.8 Å². The monoisotopic (exact) mass is 278 g/mol. The summed E-state index contributed by atoms with van der Waals surface area (Å²) in [5.41, 5.74) is 2.33. The Bertz CT molecular complexity index is 831. The minimum absolute atomic E-state index is 0.151. The number of rotatable bonds is 3. The van der Waals surface area contributed by atoms with Crippen LogP contribution in [0.3, 0.4) is 0 Å². The maximum Gasteiger partial charge on any atom is 0.251 e. The summed E-state index contributed by atoms with van der Waals surface area (Å²) in [6.07, 6.45) is 5.88. The van der Waals surface area contributed by atoms with Crippen LogP contribution >= 0.6 is 0 Å². The van der Waals surface area contributed by atoms with Gasteiger partial charge < -0.3 is 9.55 Å². The molecule has 5 heteroatoms. The van der Waals surface area contributed by atoms with Gasteiger partial charge in [0.1, 0.15) is 5.69 Å². The molecule has 0 spiro atoms. The Balaban J connectivity index is 1.85. The highest BCUT2D eigenvalue weighted by Crippen LogP contribution is 2.37. The molecule has 2 aromatic heterocycles. The van der Waals surface area contributed by atoms with E-state index in [1.165, 1.54) is 6.07 Å². The van der Waals surface area contributed by atoms with Crippen molar-refractivity contribution in [1.29, 1.82) is 0 Å². The largest absolute Gasteiger partial charge is 0.325 e. The zero-order valence-corrected chi connectivity index (χ0v) is 11.4. The van der Waals surface area contributed by atoms with Crippen LogP contribution in [-0.4, -0.2) is 19.5 Å². The lowest BCUT2D eigenvalue weighted by atomic mass is 10.1. The number of nitrogens with one attached hydrogen (secondary N) is 1. The highest BCUT2D eigenvalue weighted by Gasteiger charge is 2.26. The molecule has 2 heterocycles. The van der Waals surface area contributed by atoms with Crippen LogP contribution in [0.5, 0.6) is 0 Å². The second kappa shape index (κ2) is 4.70. The highest BCUT2D eigenvalue weighted by atomic mass is 16.1. The molecule has 0 aliphatic heterocycles. The van der Waals surface area contributed by atoms with Crippen molar-refractivity contribution < 1.29 is 0 Å².